The van der Waals surface area contributed by atoms with E-state index in [1.165, 1.54) is 19.1 Å². The smallest absolute Gasteiger partial charge is 0.335 e. The van der Waals surface area contributed by atoms with Gasteiger partial charge in [-0.15, -0.1) is 0 Å². The normalized spacial score (nSPS) is 14.8. The number of benzene rings is 2. The number of rotatable bonds is 6. The molecule has 0 aromatic heterocycles. The molecule has 3 N–H and O–H groups in total. The van der Waals surface area contributed by atoms with E-state index in [4.69, 9.17) is 0 Å². The summed E-state index contributed by atoms with van der Waals surface area (Å²) < 4.78 is 28.0. The molecule has 1 aliphatic rings. The van der Waals surface area contributed by atoms with E-state index >= 15 is 0 Å². The fourth-order valence-electron chi connectivity index (χ4n) is 3.57. The van der Waals surface area contributed by atoms with Gasteiger partial charge in [0.05, 0.1) is 22.1 Å². The van der Waals surface area contributed by atoms with E-state index in [1.54, 1.807) is 24.3 Å². The number of sulfonamides is 1. The molecule has 0 aliphatic heterocycles. The minimum Gasteiger partial charge on any atom is -0.478 e. The highest BCUT2D eigenvalue weighted by Gasteiger charge is 2.29. The standard InChI is InChI=1S/C20H21NO6S/c1-12-16(19(22)23)10-13(11-17(12)20(24)25)15-8-4-5-9-18(15)21-28(26,27)14-6-2-3-7-14/h4-5,8-11,14,21H,2-3,6-7H2,1H3,(H,22,23)(H,24,25). The molecule has 0 saturated heterocycles. The van der Waals surface area contributed by atoms with Crippen LogP contribution in [0.15, 0.2) is 36.4 Å². The zero-order valence-corrected chi connectivity index (χ0v) is 16.1. The minimum absolute atomic E-state index is 0.136. The molecule has 0 bridgehead atoms. The Morgan fingerprint density at radius 1 is 1.00 bits per heavy atom. The fraction of sp³-hybridized carbons (Fsp3) is 0.300. The third kappa shape index (κ3) is 3.87. The summed E-state index contributed by atoms with van der Waals surface area (Å²) in [6.45, 7) is 1.44. The second-order valence-electron chi connectivity index (χ2n) is 6.91. The van der Waals surface area contributed by atoms with Crippen molar-refractivity contribution in [2.45, 2.75) is 37.9 Å². The zero-order valence-electron chi connectivity index (χ0n) is 15.3. The number of hydrogen-bond donors (Lipinski definition) is 3. The highest BCUT2D eigenvalue weighted by atomic mass is 32.2. The van der Waals surface area contributed by atoms with Gasteiger partial charge in [-0.25, -0.2) is 18.0 Å². The Hall–Kier alpha value is -2.87. The SMILES string of the molecule is Cc1c(C(=O)O)cc(-c2ccccc2NS(=O)(=O)C2CCCC2)cc1C(=O)O. The van der Waals surface area contributed by atoms with E-state index in [0.29, 0.717) is 29.7 Å². The lowest BCUT2D eigenvalue weighted by Crippen LogP contribution is -2.25. The van der Waals surface area contributed by atoms with Crippen molar-refractivity contribution >= 4 is 27.6 Å². The molecule has 2 aromatic carbocycles. The van der Waals surface area contributed by atoms with Crippen LogP contribution in [-0.4, -0.2) is 35.8 Å². The molecule has 3 rings (SSSR count). The number of carboxylic acid groups (broad SMARTS) is 2. The number of carboxylic acids is 2. The first-order valence-corrected chi connectivity index (χ1v) is 10.5. The van der Waals surface area contributed by atoms with Crippen molar-refractivity contribution in [1.82, 2.24) is 0 Å². The third-order valence-electron chi connectivity index (χ3n) is 5.10. The summed E-state index contributed by atoms with van der Waals surface area (Å²) in [6, 6.07) is 9.31. The Bertz CT molecular complexity index is 1000. The summed E-state index contributed by atoms with van der Waals surface area (Å²) >= 11 is 0. The Morgan fingerprint density at radius 2 is 1.54 bits per heavy atom. The van der Waals surface area contributed by atoms with Crippen molar-refractivity contribution in [3.8, 4) is 11.1 Å². The maximum absolute atomic E-state index is 12.7. The molecule has 0 amide bonds. The maximum Gasteiger partial charge on any atom is 0.335 e. The maximum atomic E-state index is 12.7. The van der Waals surface area contributed by atoms with Gasteiger partial charge in [-0.2, -0.15) is 0 Å². The summed E-state index contributed by atoms with van der Waals surface area (Å²) in [5.41, 5.74) is 0.921. The molecule has 0 unspecified atom stereocenters. The topological polar surface area (TPSA) is 121 Å². The molecule has 0 spiro atoms. The van der Waals surface area contributed by atoms with Crippen molar-refractivity contribution in [2.75, 3.05) is 4.72 Å². The number of carbonyl (C=O) groups is 2. The van der Waals surface area contributed by atoms with Gasteiger partial charge >= 0.3 is 11.9 Å². The van der Waals surface area contributed by atoms with E-state index in [2.05, 4.69) is 4.72 Å². The number of aromatic carboxylic acids is 2. The van der Waals surface area contributed by atoms with Crippen LogP contribution in [-0.2, 0) is 10.0 Å². The molecule has 1 fully saturated rings. The van der Waals surface area contributed by atoms with Crippen LogP contribution in [0.2, 0.25) is 0 Å². The van der Waals surface area contributed by atoms with Crippen LogP contribution in [0.25, 0.3) is 11.1 Å². The molecule has 1 aliphatic carbocycles. The zero-order chi connectivity index (χ0) is 20.5. The number of hydrogen-bond acceptors (Lipinski definition) is 4. The molecule has 7 nitrogen and oxygen atoms in total. The van der Waals surface area contributed by atoms with Gasteiger partial charge in [0.25, 0.3) is 0 Å². The van der Waals surface area contributed by atoms with Crippen molar-refractivity contribution in [2.24, 2.45) is 0 Å². The first kappa shape index (κ1) is 19.9. The quantitative estimate of drug-likeness (QED) is 0.676. The lowest BCUT2D eigenvalue weighted by molar-refractivity contribution is 0.0696. The van der Waals surface area contributed by atoms with E-state index < -0.39 is 27.2 Å². The van der Waals surface area contributed by atoms with Gasteiger partial charge in [0.1, 0.15) is 0 Å². The van der Waals surface area contributed by atoms with Gasteiger partial charge in [0, 0.05) is 5.56 Å². The first-order chi connectivity index (χ1) is 13.2. The van der Waals surface area contributed by atoms with Crippen molar-refractivity contribution in [3.63, 3.8) is 0 Å². The number of anilines is 1. The van der Waals surface area contributed by atoms with E-state index in [1.807, 2.05) is 0 Å². The second kappa shape index (κ2) is 7.63. The Kier molecular flexibility index (Phi) is 5.42. The van der Waals surface area contributed by atoms with E-state index in [9.17, 15) is 28.2 Å². The van der Waals surface area contributed by atoms with Crippen LogP contribution in [0, 0.1) is 6.92 Å². The summed E-state index contributed by atoms with van der Waals surface area (Å²) in [7, 11) is -3.59. The summed E-state index contributed by atoms with van der Waals surface area (Å²) in [5.74, 6) is -2.49. The van der Waals surface area contributed by atoms with Crippen molar-refractivity contribution < 1.29 is 28.2 Å². The van der Waals surface area contributed by atoms with E-state index in [0.717, 1.165) is 12.8 Å². The predicted molar refractivity (Wildman–Crippen MR) is 105 cm³/mol. The van der Waals surface area contributed by atoms with Crippen LogP contribution in [0.5, 0.6) is 0 Å². The van der Waals surface area contributed by atoms with Crippen LogP contribution < -0.4 is 4.72 Å². The minimum atomic E-state index is -3.59. The molecule has 0 radical (unpaired) electrons. The van der Waals surface area contributed by atoms with Crippen molar-refractivity contribution in [3.05, 3.63) is 53.1 Å². The van der Waals surface area contributed by atoms with Crippen LogP contribution in [0.3, 0.4) is 0 Å². The molecule has 1 saturated carbocycles. The third-order valence-corrected chi connectivity index (χ3v) is 6.95. The Balaban J connectivity index is 2.10. The lowest BCUT2D eigenvalue weighted by atomic mass is 9.94. The van der Waals surface area contributed by atoms with E-state index in [-0.39, 0.29) is 16.7 Å². The molecule has 8 heteroatoms. The number of para-hydroxylation sites is 1. The highest BCUT2D eigenvalue weighted by molar-refractivity contribution is 7.93. The van der Waals surface area contributed by atoms with Crippen molar-refractivity contribution in [1.29, 1.82) is 0 Å². The number of nitrogens with one attached hydrogen (secondary N) is 1. The Morgan fingerprint density at radius 3 is 2.07 bits per heavy atom. The summed E-state index contributed by atoms with van der Waals surface area (Å²) in [6.07, 6.45) is 2.95. The fourth-order valence-corrected chi connectivity index (χ4v) is 5.18. The molecule has 0 atom stereocenters. The average molecular weight is 403 g/mol. The van der Waals surface area contributed by atoms with Gasteiger partial charge in [-0.05, 0) is 49.1 Å². The highest BCUT2D eigenvalue weighted by Crippen LogP contribution is 2.33. The van der Waals surface area contributed by atoms with Gasteiger partial charge in [0.15, 0.2) is 0 Å². The van der Waals surface area contributed by atoms with Crippen LogP contribution >= 0.6 is 0 Å². The van der Waals surface area contributed by atoms with Crippen LogP contribution in [0.1, 0.15) is 52.0 Å². The monoisotopic (exact) mass is 403 g/mol. The van der Waals surface area contributed by atoms with Crippen LogP contribution in [0.4, 0.5) is 5.69 Å². The molecule has 28 heavy (non-hydrogen) atoms. The lowest BCUT2D eigenvalue weighted by Gasteiger charge is -2.17. The molecule has 148 valence electrons. The molecular weight excluding hydrogens is 382 g/mol. The Labute approximate surface area is 163 Å². The van der Waals surface area contributed by atoms with Gasteiger partial charge in [-0.1, -0.05) is 31.0 Å². The summed E-state index contributed by atoms with van der Waals surface area (Å²) in [4.78, 5) is 23.1. The average Bonchev–Trinajstić information content (AvgIpc) is 3.17. The van der Waals surface area contributed by atoms with Gasteiger partial charge in [0.2, 0.25) is 10.0 Å². The van der Waals surface area contributed by atoms with Gasteiger partial charge in [-0.3, -0.25) is 4.72 Å². The molecule has 2 aromatic rings. The van der Waals surface area contributed by atoms with Gasteiger partial charge < -0.3 is 10.2 Å². The largest absolute Gasteiger partial charge is 0.478 e. The summed E-state index contributed by atoms with van der Waals surface area (Å²) in [5, 5.41) is 18.4. The first-order valence-electron chi connectivity index (χ1n) is 8.93. The predicted octanol–water partition coefficient (Wildman–Crippen LogP) is 3.74. The molecular formula is C20H21NO6S. The molecule has 0 heterocycles. The second-order valence-corrected chi connectivity index (χ2v) is 8.87.